The fraction of sp³-hybridized carbons (Fsp3) is 0.692. The van der Waals surface area contributed by atoms with Crippen LogP contribution < -0.4 is 0 Å². The molecule has 1 saturated heterocycles. The van der Waals surface area contributed by atoms with Gasteiger partial charge in [-0.25, -0.2) is 8.78 Å². The van der Waals surface area contributed by atoms with E-state index in [0.29, 0.717) is 5.57 Å². The van der Waals surface area contributed by atoms with E-state index in [1.807, 2.05) is 27.7 Å². The van der Waals surface area contributed by atoms with Gasteiger partial charge in [0, 0.05) is 6.42 Å². The summed E-state index contributed by atoms with van der Waals surface area (Å²) in [5, 5.41) is 0. The van der Waals surface area contributed by atoms with Crippen molar-refractivity contribution in [3.05, 3.63) is 23.2 Å². The van der Waals surface area contributed by atoms with Gasteiger partial charge in [0.1, 0.15) is 0 Å². The molecule has 2 aliphatic rings. The number of allylic oxidation sites excluding steroid dienone is 4. The molecule has 2 nitrogen and oxygen atoms in total. The van der Waals surface area contributed by atoms with Crippen LogP contribution in [0.25, 0.3) is 0 Å². The minimum absolute atomic E-state index is 0.261. The first-order chi connectivity index (χ1) is 8.04. The molecule has 0 radical (unpaired) electrons. The van der Waals surface area contributed by atoms with E-state index in [4.69, 9.17) is 9.31 Å². The molecule has 1 aliphatic carbocycles. The van der Waals surface area contributed by atoms with Crippen LogP contribution in [0.1, 0.15) is 41.0 Å². The third-order valence-electron chi connectivity index (χ3n) is 4.01. The van der Waals surface area contributed by atoms with Gasteiger partial charge in [-0.2, -0.15) is 0 Å². The third-order valence-corrected chi connectivity index (χ3v) is 4.01. The predicted molar refractivity (Wildman–Crippen MR) is 67.5 cm³/mol. The maximum Gasteiger partial charge on any atom is 0.494 e. The lowest BCUT2D eigenvalue weighted by Crippen LogP contribution is -2.41. The molecular weight excluding hydrogens is 237 g/mol. The molecule has 0 spiro atoms. The summed E-state index contributed by atoms with van der Waals surface area (Å²) in [5.74, 6) is -2.75. The second-order valence-electron chi connectivity index (χ2n) is 6.10. The van der Waals surface area contributed by atoms with E-state index < -0.39 is 24.2 Å². The molecule has 0 unspecified atom stereocenters. The molecule has 18 heavy (non-hydrogen) atoms. The van der Waals surface area contributed by atoms with Crippen molar-refractivity contribution in [2.75, 3.05) is 0 Å². The van der Waals surface area contributed by atoms with E-state index in [1.54, 1.807) is 6.92 Å². The van der Waals surface area contributed by atoms with Crippen LogP contribution in [0.2, 0.25) is 0 Å². The first-order valence-electron chi connectivity index (χ1n) is 6.16. The number of alkyl halides is 2. The number of hydrogen-bond acceptors (Lipinski definition) is 2. The van der Waals surface area contributed by atoms with Gasteiger partial charge < -0.3 is 9.31 Å². The fourth-order valence-electron chi connectivity index (χ4n) is 2.12. The van der Waals surface area contributed by atoms with Gasteiger partial charge in [-0.3, -0.25) is 0 Å². The van der Waals surface area contributed by atoms with Crippen LogP contribution in [0.5, 0.6) is 0 Å². The van der Waals surface area contributed by atoms with E-state index in [1.165, 1.54) is 6.08 Å². The summed E-state index contributed by atoms with van der Waals surface area (Å²) in [4.78, 5) is 0. The molecular formula is C13H19BF2O2. The average molecular weight is 256 g/mol. The van der Waals surface area contributed by atoms with Crippen molar-refractivity contribution in [1.82, 2.24) is 0 Å². The molecule has 0 aromatic rings. The Morgan fingerprint density at radius 2 is 1.61 bits per heavy atom. The van der Waals surface area contributed by atoms with E-state index in [9.17, 15) is 8.78 Å². The summed E-state index contributed by atoms with van der Waals surface area (Å²) in [7, 11) is -0.553. The lowest BCUT2D eigenvalue weighted by atomic mass is 9.72. The Kier molecular flexibility index (Phi) is 2.98. The van der Waals surface area contributed by atoms with Crippen molar-refractivity contribution in [1.29, 1.82) is 0 Å². The average Bonchev–Trinajstić information content (AvgIpc) is 2.33. The molecule has 0 N–H and O–H groups in total. The normalized spacial score (nSPS) is 28.9. The van der Waals surface area contributed by atoms with Crippen molar-refractivity contribution in [2.45, 2.75) is 58.2 Å². The van der Waals surface area contributed by atoms with Crippen LogP contribution in [0.4, 0.5) is 8.78 Å². The zero-order valence-electron chi connectivity index (χ0n) is 11.5. The highest BCUT2D eigenvalue weighted by molar-refractivity contribution is 6.56. The smallest absolute Gasteiger partial charge is 0.399 e. The molecule has 0 aromatic heterocycles. The molecule has 0 aromatic carbocycles. The summed E-state index contributed by atoms with van der Waals surface area (Å²) in [6.07, 6.45) is 2.10. The second-order valence-corrected chi connectivity index (χ2v) is 6.10. The van der Waals surface area contributed by atoms with Crippen molar-refractivity contribution < 1.29 is 18.1 Å². The molecule has 5 heteroatoms. The second kappa shape index (κ2) is 3.91. The zero-order valence-corrected chi connectivity index (χ0v) is 11.5. The molecule has 100 valence electrons. The van der Waals surface area contributed by atoms with E-state index >= 15 is 0 Å². The first-order valence-corrected chi connectivity index (χ1v) is 6.16. The van der Waals surface area contributed by atoms with Gasteiger partial charge in [-0.15, -0.1) is 0 Å². The van der Waals surface area contributed by atoms with Crippen molar-refractivity contribution in [2.24, 2.45) is 0 Å². The Balaban J connectivity index is 2.24. The van der Waals surface area contributed by atoms with Gasteiger partial charge in [0.25, 0.3) is 5.92 Å². The molecule has 0 amide bonds. The highest BCUT2D eigenvalue weighted by Crippen LogP contribution is 2.41. The Morgan fingerprint density at radius 3 is 2.06 bits per heavy atom. The molecule has 0 saturated carbocycles. The maximum atomic E-state index is 13.2. The van der Waals surface area contributed by atoms with Crippen LogP contribution in [-0.2, 0) is 9.31 Å². The highest BCUT2D eigenvalue weighted by atomic mass is 19.3. The van der Waals surface area contributed by atoms with Gasteiger partial charge in [-0.1, -0.05) is 11.6 Å². The summed E-state index contributed by atoms with van der Waals surface area (Å²) >= 11 is 0. The van der Waals surface area contributed by atoms with Crippen LogP contribution >= 0.6 is 0 Å². The summed E-state index contributed by atoms with van der Waals surface area (Å²) in [5.41, 5.74) is 0.456. The van der Waals surface area contributed by atoms with Gasteiger partial charge in [0.15, 0.2) is 0 Å². The van der Waals surface area contributed by atoms with E-state index in [0.717, 1.165) is 11.5 Å². The SMILES string of the molecule is CC1=C(B2OC(C)(C)C(C)(C)O2)C=CC(F)(F)C1. The standard InChI is InChI=1S/C13H19BF2O2/c1-9-8-13(15,16)7-6-10(9)14-17-11(2,3)12(4,5)18-14/h6-7H,8H2,1-5H3. The maximum absolute atomic E-state index is 13.2. The lowest BCUT2D eigenvalue weighted by molar-refractivity contribution is 0.00578. The Hall–Kier alpha value is -0.675. The highest BCUT2D eigenvalue weighted by Gasteiger charge is 2.53. The van der Waals surface area contributed by atoms with Crippen LogP contribution in [0.15, 0.2) is 23.2 Å². The minimum Gasteiger partial charge on any atom is -0.399 e. The lowest BCUT2D eigenvalue weighted by Gasteiger charge is -2.32. The fourth-order valence-corrected chi connectivity index (χ4v) is 2.12. The predicted octanol–water partition coefficient (Wildman–Crippen LogP) is 3.53. The number of hydrogen-bond donors (Lipinski definition) is 0. The molecule has 0 bridgehead atoms. The summed E-state index contributed by atoms with van der Waals surface area (Å²) in [6, 6.07) is 0. The van der Waals surface area contributed by atoms with Crippen molar-refractivity contribution >= 4 is 7.12 Å². The topological polar surface area (TPSA) is 18.5 Å². The monoisotopic (exact) mass is 256 g/mol. The van der Waals surface area contributed by atoms with Gasteiger partial charge >= 0.3 is 7.12 Å². The van der Waals surface area contributed by atoms with Gasteiger partial charge in [0.2, 0.25) is 0 Å². The molecule has 2 rings (SSSR count). The van der Waals surface area contributed by atoms with Gasteiger partial charge in [-0.05, 0) is 46.2 Å². The number of rotatable bonds is 1. The van der Waals surface area contributed by atoms with Crippen LogP contribution in [0, 0.1) is 0 Å². The van der Waals surface area contributed by atoms with Crippen LogP contribution in [0.3, 0.4) is 0 Å². The molecule has 0 atom stereocenters. The summed E-state index contributed by atoms with van der Waals surface area (Å²) < 4.78 is 38.2. The molecule has 1 fully saturated rings. The first kappa shape index (κ1) is 13.7. The zero-order chi connectivity index (χ0) is 13.8. The largest absolute Gasteiger partial charge is 0.494 e. The Morgan fingerprint density at radius 1 is 1.11 bits per heavy atom. The van der Waals surface area contributed by atoms with Crippen LogP contribution in [-0.4, -0.2) is 24.2 Å². The van der Waals surface area contributed by atoms with Crippen molar-refractivity contribution in [3.63, 3.8) is 0 Å². The van der Waals surface area contributed by atoms with Crippen molar-refractivity contribution in [3.8, 4) is 0 Å². The molecule has 1 heterocycles. The Labute approximate surface area is 107 Å². The summed E-state index contributed by atoms with van der Waals surface area (Å²) in [6.45, 7) is 9.50. The minimum atomic E-state index is -2.75. The third kappa shape index (κ3) is 2.26. The quantitative estimate of drug-likeness (QED) is 0.668. The van der Waals surface area contributed by atoms with E-state index in [-0.39, 0.29) is 6.42 Å². The Bertz CT molecular complexity index is 409. The molecule has 1 aliphatic heterocycles. The van der Waals surface area contributed by atoms with Gasteiger partial charge in [0.05, 0.1) is 11.2 Å². The number of halogens is 2. The van der Waals surface area contributed by atoms with E-state index in [2.05, 4.69) is 0 Å².